The van der Waals surface area contributed by atoms with Crippen molar-refractivity contribution in [2.45, 2.75) is 58.5 Å². The molecule has 0 saturated heterocycles. The van der Waals surface area contributed by atoms with Crippen LogP contribution < -0.4 is 5.73 Å². The zero-order chi connectivity index (χ0) is 15.0. The van der Waals surface area contributed by atoms with Crippen molar-refractivity contribution in [1.82, 2.24) is 9.78 Å². The third kappa shape index (κ3) is 2.89. The maximum absolute atomic E-state index is 6.45. The number of thiophene rings is 1. The standard InChI is InChI=1S/C16H22ClN3S/c1-3-20-13(16(17)10(2)19-20)9-12(18)15-8-11-6-4-5-7-14(11)21-15/h8,12H,3-7,9,18H2,1-2H3. The molecule has 2 aromatic heterocycles. The summed E-state index contributed by atoms with van der Waals surface area (Å²) in [6.45, 7) is 4.87. The predicted octanol–water partition coefficient (Wildman–Crippen LogP) is 4.05. The Kier molecular flexibility index (Phi) is 4.38. The number of halogens is 1. The normalized spacial score (nSPS) is 16.0. The fourth-order valence-electron chi connectivity index (χ4n) is 3.07. The fraction of sp³-hybridized carbons (Fsp3) is 0.562. The Bertz CT molecular complexity index is 621. The second kappa shape index (κ2) is 6.11. The summed E-state index contributed by atoms with van der Waals surface area (Å²) in [6, 6.07) is 2.33. The van der Waals surface area contributed by atoms with Crippen molar-refractivity contribution in [2.75, 3.05) is 0 Å². The highest BCUT2D eigenvalue weighted by Crippen LogP contribution is 2.34. The van der Waals surface area contributed by atoms with Gasteiger partial charge in [-0.25, -0.2) is 0 Å². The van der Waals surface area contributed by atoms with Gasteiger partial charge in [0.1, 0.15) is 0 Å². The minimum atomic E-state index is 0.0134. The Morgan fingerprint density at radius 3 is 2.90 bits per heavy atom. The first-order chi connectivity index (χ1) is 10.1. The molecule has 0 aliphatic heterocycles. The van der Waals surface area contributed by atoms with E-state index in [4.69, 9.17) is 17.3 Å². The minimum Gasteiger partial charge on any atom is -0.323 e. The maximum atomic E-state index is 6.45. The quantitative estimate of drug-likeness (QED) is 0.922. The molecule has 3 rings (SSSR count). The van der Waals surface area contributed by atoms with Crippen LogP contribution in [0, 0.1) is 6.92 Å². The number of aromatic nitrogens is 2. The minimum absolute atomic E-state index is 0.0134. The number of nitrogens with two attached hydrogens (primary N) is 1. The third-order valence-corrected chi connectivity index (χ3v) is 6.11. The second-order valence-corrected chi connectivity index (χ2v) is 7.32. The molecule has 0 radical (unpaired) electrons. The molecular formula is C16H22ClN3S. The van der Waals surface area contributed by atoms with E-state index in [0.717, 1.165) is 29.4 Å². The van der Waals surface area contributed by atoms with Crippen LogP contribution in [-0.2, 0) is 25.8 Å². The van der Waals surface area contributed by atoms with Crippen molar-refractivity contribution < 1.29 is 0 Å². The van der Waals surface area contributed by atoms with Gasteiger partial charge in [-0.15, -0.1) is 11.3 Å². The van der Waals surface area contributed by atoms with E-state index >= 15 is 0 Å². The number of nitrogens with zero attached hydrogens (tertiary/aromatic N) is 2. The average molecular weight is 324 g/mol. The van der Waals surface area contributed by atoms with Gasteiger partial charge in [-0.1, -0.05) is 11.6 Å². The molecule has 2 N–H and O–H groups in total. The molecule has 0 spiro atoms. The Morgan fingerprint density at radius 1 is 1.43 bits per heavy atom. The zero-order valence-electron chi connectivity index (χ0n) is 12.7. The molecule has 0 amide bonds. The molecule has 0 bridgehead atoms. The summed E-state index contributed by atoms with van der Waals surface area (Å²) < 4.78 is 1.98. The highest BCUT2D eigenvalue weighted by molar-refractivity contribution is 7.12. The van der Waals surface area contributed by atoms with Crippen molar-refractivity contribution in [1.29, 1.82) is 0 Å². The number of fused-ring (bicyclic) bond motifs is 1. The molecule has 1 aliphatic rings. The number of rotatable bonds is 4. The van der Waals surface area contributed by atoms with E-state index in [9.17, 15) is 0 Å². The molecule has 3 nitrogen and oxygen atoms in total. The molecule has 2 aromatic rings. The van der Waals surface area contributed by atoms with E-state index in [-0.39, 0.29) is 6.04 Å². The van der Waals surface area contributed by atoms with Gasteiger partial charge in [0.25, 0.3) is 0 Å². The monoisotopic (exact) mass is 323 g/mol. The van der Waals surface area contributed by atoms with E-state index in [1.165, 1.54) is 41.0 Å². The van der Waals surface area contributed by atoms with Gasteiger partial charge in [0.15, 0.2) is 0 Å². The zero-order valence-corrected chi connectivity index (χ0v) is 14.2. The van der Waals surface area contributed by atoms with Gasteiger partial charge in [-0.2, -0.15) is 5.10 Å². The van der Waals surface area contributed by atoms with E-state index in [2.05, 4.69) is 18.1 Å². The summed E-state index contributed by atoms with van der Waals surface area (Å²) in [5, 5.41) is 5.24. The molecule has 21 heavy (non-hydrogen) atoms. The van der Waals surface area contributed by atoms with Crippen molar-refractivity contribution in [3.8, 4) is 0 Å². The summed E-state index contributed by atoms with van der Waals surface area (Å²) in [6.07, 6.45) is 5.82. The van der Waals surface area contributed by atoms with Crippen LogP contribution in [0.15, 0.2) is 6.07 Å². The van der Waals surface area contributed by atoms with Gasteiger partial charge >= 0.3 is 0 Å². The van der Waals surface area contributed by atoms with Gasteiger partial charge in [0.2, 0.25) is 0 Å². The van der Waals surface area contributed by atoms with Crippen LogP contribution in [-0.4, -0.2) is 9.78 Å². The van der Waals surface area contributed by atoms with Crippen LogP contribution in [0.5, 0.6) is 0 Å². The van der Waals surface area contributed by atoms with Crippen LogP contribution in [0.4, 0.5) is 0 Å². The lowest BCUT2D eigenvalue weighted by Gasteiger charge is -2.11. The Hall–Kier alpha value is -0.840. The van der Waals surface area contributed by atoms with E-state index in [1.54, 1.807) is 0 Å². The first-order valence-corrected chi connectivity index (χ1v) is 8.88. The SMILES string of the molecule is CCn1nc(C)c(Cl)c1CC(N)c1cc2c(s1)CCCC2. The number of hydrogen-bond donors (Lipinski definition) is 1. The molecule has 2 heterocycles. The Morgan fingerprint density at radius 2 is 2.19 bits per heavy atom. The second-order valence-electron chi connectivity index (χ2n) is 5.78. The highest BCUT2D eigenvalue weighted by atomic mass is 35.5. The molecular weight excluding hydrogens is 302 g/mol. The van der Waals surface area contributed by atoms with Crippen molar-refractivity contribution in [2.24, 2.45) is 5.73 Å². The van der Waals surface area contributed by atoms with Crippen LogP contribution in [0.2, 0.25) is 5.02 Å². The van der Waals surface area contributed by atoms with Gasteiger partial charge in [0, 0.05) is 28.8 Å². The van der Waals surface area contributed by atoms with Gasteiger partial charge in [-0.3, -0.25) is 4.68 Å². The largest absolute Gasteiger partial charge is 0.323 e. The summed E-state index contributed by atoms with van der Waals surface area (Å²) in [4.78, 5) is 2.83. The smallest absolute Gasteiger partial charge is 0.0847 e. The molecule has 1 atom stereocenters. The summed E-state index contributed by atoms with van der Waals surface area (Å²) in [5.74, 6) is 0. The summed E-state index contributed by atoms with van der Waals surface area (Å²) in [7, 11) is 0. The first-order valence-electron chi connectivity index (χ1n) is 7.69. The predicted molar refractivity (Wildman–Crippen MR) is 89.2 cm³/mol. The van der Waals surface area contributed by atoms with Crippen LogP contribution in [0.25, 0.3) is 0 Å². The van der Waals surface area contributed by atoms with Crippen molar-refractivity contribution >= 4 is 22.9 Å². The molecule has 0 fully saturated rings. The Labute approximate surface area is 135 Å². The first kappa shape index (κ1) is 15.1. The van der Waals surface area contributed by atoms with Crippen molar-refractivity contribution in [3.05, 3.63) is 37.8 Å². The van der Waals surface area contributed by atoms with E-state index in [1.807, 2.05) is 22.9 Å². The number of hydrogen-bond acceptors (Lipinski definition) is 3. The summed E-state index contributed by atoms with van der Waals surface area (Å²) >= 11 is 8.28. The van der Waals surface area contributed by atoms with Crippen LogP contribution in [0.3, 0.4) is 0 Å². The van der Waals surface area contributed by atoms with E-state index < -0.39 is 0 Å². The van der Waals surface area contributed by atoms with E-state index in [0.29, 0.717) is 0 Å². The third-order valence-electron chi connectivity index (χ3n) is 4.25. The molecule has 0 saturated carbocycles. The molecule has 114 valence electrons. The Balaban J connectivity index is 1.83. The molecule has 0 aromatic carbocycles. The highest BCUT2D eigenvalue weighted by Gasteiger charge is 2.20. The van der Waals surface area contributed by atoms with Gasteiger partial charge < -0.3 is 5.73 Å². The lowest BCUT2D eigenvalue weighted by Crippen LogP contribution is -2.15. The van der Waals surface area contributed by atoms with Crippen LogP contribution >= 0.6 is 22.9 Å². The number of aryl methyl sites for hydroxylation is 4. The van der Waals surface area contributed by atoms with Gasteiger partial charge in [0.05, 0.1) is 16.4 Å². The average Bonchev–Trinajstić information content (AvgIpc) is 3.03. The summed E-state index contributed by atoms with van der Waals surface area (Å²) in [5.41, 5.74) is 9.93. The molecule has 1 unspecified atom stereocenters. The fourth-order valence-corrected chi connectivity index (χ4v) is 4.54. The molecule has 5 heteroatoms. The van der Waals surface area contributed by atoms with Crippen molar-refractivity contribution in [3.63, 3.8) is 0 Å². The van der Waals surface area contributed by atoms with Crippen LogP contribution in [0.1, 0.15) is 52.5 Å². The molecule has 1 aliphatic carbocycles. The lowest BCUT2D eigenvalue weighted by atomic mass is 9.98. The van der Waals surface area contributed by atoms with Gasteiger partial charge in [-0.05, 0) is 51.2 Å². The maximum Gasteiger partial charge on any atom is 0.0847 e. The topological polar surface area (TPSA) is 43.8 Å². The lowest BCUT2D eigenvalue weighted by molar-refractivity contribution is 0.590.